The summed E-state index contributed by atoms with van der Waals surface area (Å²) >= 11 is 5.95. The van der Waals surface area contributed by atoms with Crippen LogP contribution in [-0.4, -0.2) is 42.2 Å². The van der Waals surface area contributed by atoms with Crippen LogP contribution in [0.5, 0.6) is 0 Å². The summed E-state index contributed by atoms with van der Waals surface area (Å²) in [4.78, 5) is 34.5. The average Bonchev–Trinajstić information content (AvgIpc) is 2.68. The molecule has 2 aliphatic rings. The van der Waals surface area contributed by atoms with Gasteiger partial charge in [-0.3, -0.25) is 14.6 Å². The zero-order valence-corrected chi connectivity index (χ0v) is 15.0. The van der Waals surface area contributed by atoms with Crippen molar-refractivity contribution in [3.63, 3.8) is 0 Å². The summed E-state index contributed by atoms with van der Waals surface area (Å²) in [5.74, 6) is -1.65. The normalized spacial score (nSPS) is 21.9. The van der Waals surface area contributed by atoms with E-state index in [-0.39, 0.29) is 16.9 Å². The fourth-order valence-corrected chi connectivity index (χ4v) is 3.58. The van der Waals surface area contributed by atoms with Crippen LogP contribution in [0.1, 0.15) is 17.0 Å². The van der Waals surface area contributed by atoms with Crippen molar-refractivity contribution in [1.29, 1.82) is 5.26 Å². The van der Waals surface area contributed by atoms with Gasteiger partial charge in [-0.2, -0.15) is 10.2 Å². The van der Waals surface area contributed by atoms with Gasteiger partial charge in [-0.05, 0) is 17.7 Å². The van der Waals surface area contributed by atoms with Crippen molar-refractivity contribution in [2.24, 2.45) is 5.92 Å². The first-order valence-corrected chi connectivity index (χ1v) is 8.89. The topological polar surface area (TPSA) is 111 Å². The fourth-order valence-electron chi connectivity index (χ4n) is 3.45. The van der Waals surface area contributed by atoms with Crippen LogP contribution in [0.15, 0.2) is 29.1 Å². The highest BCUT2D eigenvalue weighted by Crippen LogP contribution is 2.38. The van der Waals surface area contributed by atoms with Crippen LogP contribution in [0.2, 0.25) is 5.02 Å². The van der Waals surface area contributed by atoms with E-state index < -0.39 is 17.7 Å². The lowest BCUT2D eigenvalue weighted by Crippen LogP contribution is -2.41. The number of halogens is 1. The first kappa shape index (κ1) is 17.5. The van der Waals surface area contributed by atoms with Crippen LogP contribution in [-0.2, 0) is 9.53 Å². The Hall–Kier alpha value is -2.89. The summed E-state index contributed by atoms with van der Waals surface area (Å²) in [6.45, 7) is 2.27. The number of carbonyl (C=O) groups excluding carboxylic acids is 1. The van der Waals surface area contributed by atoms with E-state index >= 15 is 0 Å². The van der Waals surface area contributed by atoms with Crippen molar-refractivity contribution in [1.82, 2.24) is 9.97 Å². The molecule has 138 valence electrons. The molecule has 9 heteroatoms. The van der Waals surface area contributed by atoms with E-state index in [9.17, 15) is 14.9 Å². The number of carbonyl (C=O) groups is 1. The minimum atomic E-state index is -1.03. The van der Waals surface area contributed by atoms with Crippen LogP contribution in [0, 0.1) is 17.2 Å². The number of morpholine rings is 1. The molecule has 0 bridgehead atoms. The SMILES string of the molecule is N#CC1C(=O)Nc2nc(N3CCOCC3)[nH]c(=O)c2C1c1ccc(Cl)cc1. The number of aromatic amines is 1. The van der Waals surface area contributed by atoms with Crippen LogP contribution in [0.4, 0.5) is 11.8 Å². The third-order valence-electron chi connectivity index (χ3n) is 4.79. The van der Waals surface area contributed by atoms with Gasteiger partial charge in [-0.25, -0.2) is 0 Å². The maximum Gasteiger partial charge on any atom is 0.258 e. The predicted octanol–water partition coefficient (Wildman–Crippen LogP) is 1.48. The van der Waals surface area contributed by atoms with Crippen LogP contribution in [0.3, 0.4) is 0 Å². The highest BCUT2D eigenvalue weighted by molar-refractivity contribution is 6.30. The maximum absolute atomic E-state index is 12.9. The van der Waals surface area contributed by atoms with Gasteiger partial charge in [0, 0.05) is 24.0 Å². The number of hydrogen-bond acceptors (Lipinski definition) is 6. The van der Waals surface area contributed by atoms with E-state index in [1.807, 2.05) is 11.0 Å². The quantitative estimate of drug-likeness (QED) is 0.810. The Morgan fingerprint density at radius 2 is 1.93 bits per heavy atom. The Morgan fingerprint density at radius 1 is 1.22 bits per heavy atom. The molecule has 27 heavy (non-hydrogen) atoms. The van der Waals surface area contributed by atoms with Crippen molar-refractivity contribution < 1.29 is 9.53 Å². The molecule has 1 aromatic carbocycles. The molecular formula is C18H16ClN5O3. The summed E-state index contributed by atoms with van der Waals surface area (Å²) in [5.41, 5.74) is 0.565. The lowest BCUT2D eigenvalue weighted by molar-refractivity contribution is -0.119. The molecule has 0 aliphatic carbocycles. The summed E-state index contributed by atoms with van der Waals surface area (Å²) in [5, 5.41) is 12.7. The molecule has 0 saturated carbocycles. The van der Waals surface area contributed by atoms with Crippen molar-refractivity contribution in [3.8, 4) is 6.07 Å². The second-order valence-electron chi connectivity index (χ2n) is 6.38. The van der Waals surface area contributed by atoms with Gasteiger partial charge in [0.1, 0.15) is 11.7 Å². The third kappa shape index (κ3) is 3.16. The van der Waals surface area contributed by atoms with Gasteiger partial charge in [0.25, 0.3) is 5.56 Å². The average molecular weight is 386 g/mol. The molecule has 2 aromatic rings. The van der Waals surface area contributed by atoms with E-state index in [1.54, 1.807) is 24.3 Å². The van der Waals surface area contributed by atoms with E-state index in [4.69, 9.17) is 16.3 Å². The molecule has 2 N–H and O–H groups in total. The number of aromatic nitrogens is 2. The number of nitriles is 1. The second kappa shape index (κ2) is 7.02. The Bertz CT molecular complexity index is 976. The zero-order valence-electron chi connectivity index (χ0n) is 14.2. The molecule has 0 spiro atoms. The van der Waals surface area contributed by atoms with E-state index in [2.05, 4.69) is 15.3 Å². The Kier molecular flexibility index (Phi) is 4.56. The van der Waals surface area contributed by atoms with Gasteiger partial charge < -0.3 is 15.0 Å². The molecule has 1 fully saturated rings. The lowest BCUT2D eigenvalue weighted by atomic mass is 9.79. The van der Waals surface area contributed by atoms with E-state index in [1.165, 1.54) is 0 Å². The summed E-state index contributed by atoms with van der Waals surface area (Å²) in [7, 11) is 0. The molecular weight excluding hydrogens is 370 g/mol. The standard InChI is InChI=1S/C18H16ClN5O3/c19-11-3-1-10(2-4-11)13-12(9-20)16(25)21-15-14(13)17(26)23-18(22-15)24-5-7-27-8-6-24/h1-4,12-13H,5-8H2,(H2,21,22,23,25,26). The van der Waals surface area contributed by atoms with Crippen molar-refractivity contribution in [2.75, 3.05) is 36.5 Å². The molecule has 0 radical (unpaired) electrons. The van der Waals surface area contributed by atoms with Gasteiger partial charge in [0.2, 0.25) is 11.9 Å². The van der Waals surface area contributed by atoms with E-state index in [0.29, 0.717) is 42.8 Å². The van der Waals surface area contributed by atoms with Gasteiger partial charge in [-0.15, -0.1) is 0 Å². The lowest BCUT2D eigenvalue weighted by Gasteiger charge is -2.31. The summed E-state index contributed by atoms with van der Waals surface area (Å²) in [6, 6.07) is 8.78. The minimum Gasteiger partial charge on any atom is -0.378 e. The number of amides is 1. The number of rotatable bonds is 2. The van der Waals surface area contributed by atoms with Crippen LogP contribution in [0.25, 0.3) is 0 Å². The molecule has 2 atom stereocenters. The number of ether oxygens (including phenoxy) is 1. The first-order chi connectivity index (χ1) is 13.1. The second-order valence-corrected chi connectivity index (χ2v) is 6.81. The number of benzene rings is 1. The van der Waals surface area contributed by atoms with Gasteiger partial charge in [0.05, 0.1) is 24.8 Å². The van der Waals surface area contributed by atoms with Gasteiger partial charge in [-0.1, -0.05) is 23.7 Å². The first-order valence-electron chi connectivity index (χ1n) is 8.51. The molecule has 2 aliphatic heterocycles. The number of fused-ring (bicyclic) bond motifs is 1. The predicted molar refractivity (Wildman–Crippen MR) is 98.9 cm³/mol. The highest BCUT2D eigenvalue weighted by Gasteiger charge is 2.40. The monoisotopic (exact) mass is 385 g/mol. The molecule has 2 unspecified atom stereocenters. The molecule has 1 aromatic heterocycles. The zero-order chi connectivity index (χ0) is 19.0. The molecule has 8 nitrogen and oxygen atoms in total. The minimum absolute atomic E-state index is 0.191. The maximum atomic E-state index is 12.9. The Labute approximate surface area is 159 Å². The summed E-state index contributed by atoms with van der Waals surface area (Å²) in [6.07, 6.45) is 0. The Morgan fingerprint density at radius 3 is 2.59 bits per heavy atom. The molecule has 1 saturated heterocycles. The van der Waals surface area contributed by atoms with Crippen LogP contribution >= 0.6 is 11.6 Å². The van der Waals surface area contributed by atoms with E-state index in [0.717, 1.165) is 0 Å². The Balaban J connectivity index is 1.84. The highest BCUT2D eigenvalue weighted by atomic mass is 35.5. The number of nitrogens with zero attached hydrogens (tertiary/aromatic N) is 3. The molecule has 1 amide bonds. The van der Waals surface area contributed by atoms with Gasteiger partial charge >= 0.3 is 0 Å². The van der Waals surface area contributed by atoms with Crippen LogP contribution < -0.4 is 15.8 Å². The molecule has 3 heterocycles. The number of nitrogens with one attached hydrogen (secondary N) is 2. The number of hydrogen-bond donors (Lipinski definition) is 2. The smallest absolute Gasteiger partial charge is 0.258 e. The summed E-state index contributed by atoms with van der Waals surface area (Å²) < 4.78 is 5.32. The van der Waals surface area contributed by atoms with Crippen molar-refractivity contribution in [3.05, 3.63) is 50.8 Å². The largest absolute Gasteiger partial charge is 0.378 e. The molecule has 4 rings (SSSR count). The third-order valence-corrected chi connectivity index (χ3v) is 5.04. The number of anilines is 2. The number of H-pyrrole nitrogens is 1. The van der Waals surface area contributed by atoms with Gasteiger partial charge in [0.15, 0.2) is 0 Å². The fraction of sp³-hybridized carbons (Fsp3) is 0.333. The van der Waals surface area contributed by atoms with Crippen molar-refractivity contribution >= 4 is 29.3 Å². The van der Waals surface area contributed by atoms with Crippen molar-refractivity contribution in [2.45, 2.75) is 5.92 Å².